The van der Waals surface area contributed by atoms with Crippen LogP contribution in [0.2, 0.25) is 0 Å². The van der Waals surface area contributed by atoms with Crippen LogP contribution in [0.15, 0.2) is 64.1 Å². The average molecular weight is 399 g/mol. The van der Waals surface area contributed by atoms with Crippen molar-refractivity contribution in [3.8, 4) is 0 Å². The molecule has 0 unspecified atom stereocenters. The zero-order valence-corrected chi connectivity index (χ0v) is 15.0. The van der Waals surface area contributed by atoms with Gasteiger partial charge in [0, 0.05) is 4.47 Å². The van der Waals surface area contributed by atoms with Crippen molar-refractivity contribution in [3.05, 3.63) is 76.0 Å². The lowest BCUT2D eigenvalue weighted by molar-refractivity contribution is 0.0593. The first-order valence-corrected chi connectivity index (χ1v) is 8.32. The zero-order valence-electron chi connectivity index (χ0n) is 13.5. The first-order chi connectivity index (χ1) is 12.2. The van der Waals surface area contributed by atoms with Crippen LogP contribution in [-0.2, 0) is 11.3 Å². The van der Waals surface area contributed by atoms with Crippen molar-refractivity contribution in [2.24, 2.45) is 4.99 Å². The summed E-state index contributed by atoms with van der Waals surface area (Å²) in [5.74, 6) is -0.545. The van der Waals surface area contributed by atoms with Gasteiger partial charge in [0.25, 0.3) is 0 Å². The lowest BCUT2D eigenvalue weighted by atomic mass is 10.2. The average Bonchev–Trinajstić information content (AvgIpc) is 3.04. The molecule has 0 aliphatic rings. The molecule has 0 saturated carbocycles. The van der Waals surface area contributed by atoms with E-state index in [1.54, 1.807) is 10.9 Å². The SMILES string of the molecule is COC(=O)c1nnn(Cc2ccc(Br)cc2)c1C=Nc1ccccc1. The maximum Gasteiger partial charge on any atom is 0.360 e. The van der Waals surface area contributed by atoms with Crippen LogP contribution >= 0.6 is 15.9 Å². The van der Waals surface area contributed by atoms with Crippen LogP contribution in [0.3, 0.4) is 0 Å². The lowest BCUT2D eigenvalue weighted by Gasteiger charge is -2.05. The summed E-state index contributed by atoms with van der Waals surface area (Å²) in [7, 11) is 1.31. The molecule has 0 saturated heterocycles. The highest BCUT2D eigenvalue weighted by atomic mass is 79.9. The van der Waals surface area contributed by atoms with E-state index in [0.717, 1.165) is 15.7 Å². The van der Waals surface area contributed by atoms with Gasteiger partial charge in [0.05, 0.1) is 25.6 Å². The Kier molecular flexibility index (Phi) is 5.35. The summed E-state index contributed by atoms with van der Waals surface area (Å²) in [5, 5.41) is 8.03. The van der Waals surface area contributed by atoms with Gasteiger partial charge in [0.15, 0.2) is 5.69 Å². The Balaban J connectivity index is 1.95. The van der Waals surface area contributed by atoms with Crippen LogP contribution in [0.4, 0.5) is 5.69 Å². The van der Waals surface area contributed by atoms with E-state index in [-0.39, 0.29) is 5.69 Å². The number of esters is 1. The van der Waals surface area contributed by atoms with E-state index in [0.29, 0.717) is 12.2 Å². The number of carbonyl (C=O) groups excluding carboxylic acids is 1. The fourth-order valence-electron chi connectivity index (χ4n) is 2.22. The molecule has 0 fully saturated rings. The standard InChI is InChI=1S/C18H15BrN4O2/c1-25-18(24)17-16(11-20-15-5-3-2-4-6-15)23(22-21-17)12-13-7-9-14(19)10-8-13/h2-11H,12H2,1H3. The van der Waals surface area contributed by atoms with Crippen molar-refractivity contribution in [1.82, 2.24) is 15.0 Å². The Morgan fingerprint density at radius 1 is 1.20 bits per heavy atom. The first kappa shape index (κ1) is 17.0. The van der Waals surface area contributed by atoms with Gasteiger partial charge >= 0.3 is 5.97 Å². The second kappa shape index (κ2) is 7.85. The number of hydrogen-bond acceptors (Lipinski definition) is 5. The molecular formula is C18H15BrN4O2. The van der Waals surface area contributed by atoms with Crippen molar-refractivity contribution >= 4 is 33.8 Å². The third-order valence-electron chi connectivity index (χ3n) is 3.49. The van der Waals surface area contributed by atoms with Crippen molar-refractivity contribution in [2.75, 3.05) is 7.11 Å². The molecule has 7 heteroatoms. The van der Waals surface area contributed by atoms with Gasteiger partial charge < -0.3 is 4.74 Å². The fraction of sp³-hybridized carbons (Fsp3) is 0.111. The van der Waals surface area contributed by atoms with Crippen LogP contribution in [0.25, 0.3) is 0 Å². The molecule has 2 aromatic carbocycles. The van der Waals surface area contributed by atoms with Gasteiger partial charge in [-0.1, -0.05) is 51.5 Å². The normalized spacial score (nSPS) is 11.0. The summed E-state index contributed by atoms with van der Waals surface area (Å²) in [5.41, 5.74) is 2.44. The molecule has 0 atom stereocenters. The van der Waals surface area contributed by atoms with E-state index >= 15 is 0 Å². The molecular weight excluding hydrogens is 384 g/mol. The molecule has 0 aliphatic carbocycles. The molecule has 0 radical (unpaired) electrons. The number of benzene rings is 2. The van der Waals surface area contributed by atoms with E-state index in [2.05, 4.69) is 31.2 Å². The van der Waals surface area contributed by atoms with Gasteiger partial charge in [0.1, 0.15) is 5.69 Å². The van der Waals surface area contributed by atoms with Gasteiger partial charge in [0.2, 0.25) is 0 Å². The summed E-state index contributed by atoms with van der Waals surface area (Å²) in [6.07, 6.45) is 1.58. The number of nitrogens with zero attached hydrogens (tertiary/aromatic N) is 4. The topological polar surface area (TPSA) is 69.4 Å². The van der Waals surface area contributed by atoms with Crippen LogP contribution in [0, 0.1) is 0 Å². The summed E-state index contributed by atoms with van der Waals surface area (Å²) in [6, 6.07) is 17.3. The number of ether oxygens (including phenoxy) is 1. The Hall–Kier alpha value is -2.80. The maximum absolute atomic E-state index is 12.0. The van der Waals surface area contributed by atoms with Gasteiger partial charge in [-0.2, -0.15) is 0 Å². The van der Waals surface area contributed by atoms with E-state index < -0.39 is 5.97 Å². The first-order valence-electron chi connectivity index (χ1n) is 7.53. The summed E-state index contributed by atoms with van der Waals surface area (Å²) in [4.78, 5) is 16.4. The van der Waals surface area contributed by atoms with Crippen molar-refractivity contribution in [1.29, 1.82) is 0 Å². The third kappa shape index (κ3) is 4.19. The van der Waals surface area contributed by atoms with Gasteiger partial charge in [-0.15, -0.1) is 5.10 Å². The molecule has 6 nitrogen and oxygen atoms in total. The number of rotatable bonds is 5. The largest absolute Gasteiger partial charge is 0.464 e. The molecule has 126 valence electrons. The summed E-state index contributed by atoms with van der Waals surface area (Å²) < 4.78 is 7.41. The third-order valence-corrected chi connectivity index (χ3v) is 4.02. The number of halogens is 1. The number of methoxy groups -OCH3 is 1. The summed E-state index contributed by atoms with van der Waals surface area (Å²) in [6.45, 7) is 0.466. The Morgan fingerprint density at radius 3 is 2.60 bits per heavy atom. The molecule has 1 aromatic heterocycles. The van der Waals surface area contributed by atoms with E-state index in [1.165, 1.54) is 7.11 Å². The molecule has 3 aromatic rings. The van der Waals surface area contributed by atoms with Gasteiger partial charge in [-0.25, -0.2) is 9.48 Å². The fourth-order valence-corrected chi connectivity index (χ4v) is 2.48. The van der Waals surface area contributed by atoms with E-state index in [1.807, 2.05) is 54.6 Å². The zero-order chi connectivity index (χ0) is 17.6. The Morgan fingerprint density at radius 2 is 1.92 bits per heavy atom. The van der Waals surface area contributed by atoms with Crippen LogP contribution in [0.1, 0.15) is 21.7 Å². The van der Waals surface area contributed by atoms with E-state index in [9.17, 15) is 4.79 Å². The predicted molar refractivity (Wildman–Crippen MR) is 98.3 cm³/mol. The number of aliphatic imine (C=N–C) groups is 1. The minimum absolute atomic E-state index is 0.138. The van der Waals surface area contributed by atoms with E-state index in [4.69, 9.17) is 4.74 Å². The van der Waals surface area contributed by atoms with Crippen LogP contribution in [-0.4, -0.2) is 34.3 Å². The maximum atomic E-state index is 12.0. The van der Waals surface area contributed by atoms with Crippen LogP contribution < -0.4 is 0 Å². The summed E-state index contributed by atoms with van der Waals surface area (Å²) >= 11 is 3.41. The highest BCUT2D eigenvalue weighted by Gasteiger charge is 2.19. The second-order valence-electron chi connectivity index (χ2n) is 5.19. The number of aromatic nitrogens is 3. The molecule has 1 heterocycles. The molecule has 25 heavy (non-hydrogen) atoms. The van der Waals surface area contributed by atoms with Crippen molar-refractivity contribution in [3.63, 3.8) is 0 Å². The lowest BCUT2D eigenvalue weighted by Crippen LogP contribution is -2.10. The van der Waals surface area contributed by atoms with Gasteiger partial charge in [-0.05, 0) is 29.8 Å². The highest BCUT2D eigenvalue weighted by molar-refractivity contribution is 9.10. The molecule has 0 N–H and O–H groups in total. The minimum atomic E-state index is -0.545. The molecule has 3 rings (SSSR count). The van der Waals surface area contributed by atoms with Crippen molar-refractivity contribution < 1.29 is 9.53 Å². The van der Waals surface area contributed by atoms with Gasteiger partial charge in [-0.3, -0.25) is 4.99 Å². The van der Waals surface area contributed by atoms with Crippen molar-refractivity contribution in [2.45, 2.75) is 6.54 Å². The molecule has 0 amide bonds. The quantitative estimate of drug-likeness (QED) is 0.486. The molecule has 0 aliphatic heterocycles. The number of para-hydroxylation sites is 1. The number of carbonyl (C=O) groups is 1. The second-order valence-corrected chi connectivity index (χ2v) is 6.11. The predicted octanol–water partition coefficient (Wildman–Crippen LogP) is 3.63. The smallest absolute Gasteiger partial charge is 0.360 e. The molecule has 0 bridgehead atoms. The highest BCUT2D eigenvalue weighted by Crippen LogP contribution is 2.15. The Labute approximate surface area is 153 Å². The molecule has 0 spiro atoms. The van der Waals surface area contributed by atoms with Crippen LogP contribution in [0.5, 0.6) is 0 Å². The monoisotopic (exact) mass is 398 g/mol. The number of hydrogen-bond donors (Lipinski definition) is 0. The Bertz CT molecular complexity index is 889. The minimum Gasteiger partial charge on any atom is -0.464 e.